The predicted octanol–water partition coefficient (Wildman–Crippen LogP) is 3.79. The monoisotopic (exact) mass is 356 g/mol. The highest BCUT2D eigenvalue weighted by Gasteiger charge is 2.48. The summed E-state index contributed by atoms with van der Waals surface area (Å²) in [6.07, 6.45) is 7.35. The van der Waals surface area contributed by atoms with Crippen molar-refractivity contribution in [3.63, 3.8) is 0 Å². The third kappa shape index (κ3) is 4.39. The number of rotatable bonds is 2. The minimum absolute atomic E-state index is 0.169. The largest absolute Gasteiger partial charge is 0.300 e. The molecule has 4 rings (SSSR count). The summed E-state index contributed by atoms with van der Waals surface area (Å²) in [5.74, 6) is 1.99. The van der Waals surface area contributed by atoms with Crippen LogP contribution in [-0.4, -0.2) is 44.7 Å². The molecule has 1 aromatic heterocycles. The summed E-state index contributed by atoms with van der Waals surface area (Å²) in [7, 11) is -0.468. The summed E-state index contributed by atoms with van der Waals surface area (Å²) >= 11 is 0. The smallest absolute Gasteiger partial charge is 0.280 e. The van der Waals surface area contributed by atoms with Gasteiger partial charge in [-0.3, -0.25) is 14.1 Å². The molecule has 3 heterocycles. The van der Waals surface area contributed by atoms with Crippen molar-refractivity contribution in [3.8, 4) is 0 Å². The van der Waals surface area contributed by atoms with Gasteiger partial charge in [-0.2, -0.15) is 0 Å². The highest BCUT2D eigenvalue weighted by Crippen LogP contribution is 2.41. The van der Waals surface area contributed by atoms with E-state index in [0.29, 0.717) is 5.41 Å². The Bertz CT molecular complexity index is 541. The summed E-state index contributed by atoms with van der Waals surface area (Å²) in [5, 5.41) is 0. The molecule has 1 spiro atoms. The van der Waals surface area contributed by atoms with Crippen LogP contribution in [0.15, 0.2) is 24.4 Å². The Balaban J connectivity index is 0.000000162. The zero-order valence-corrected chi connectivity index (χ0v) is 14.8. The van der Waals surface area contributed by atoms with Crippen LogP contribution in [0.1, 0.15) is 50.6 Å². The molecule has 24 heavy (non-hydrogen) atoms. The van der Waals surface area contributed by atoms with Crippen LogP contribution in [-0.2, 0) is 10.8 Å². The van der Waals surface area contributed by atoms with Crippen molar-refractivity contribution in [1.29, 1.82) is 0 Å². The number of nitrogens with zero attached hydrogens (tertiary/aromatic N) is 2. The van der Waals surface area contributed by atoms with Crippen LogP contribution in [0.25, 0.3) is 0 Å². The molecule has 2 saturated heterocycles. The third-order valence-electron chi connectivity index (χ3n) is 5.40. The summed E-state index contributed by atoms with van der Waals surface area (Å²) < 4.78 is 34.6. The maximum atomic E-state index is 11.7. The third-order valence-corrected chi connectivity index (χ3v) is 7.27. The van der Waals surface area contributed by atoms with E-state index in [1.807, 2.05) is 0 Å². The average Bonchev–Trinajstić information content (AvgIpc) is 3.02. The summed E-state index contributed by atoms with van der Waals surface area (Å²) in [6, 6.07) is 5.30. The molecule has 0 radical (unpaired) electrons. The predicted molar refractivity (Wildman–Crippen MR) is 92.6 cm³/mol. The first-order chi connectivity index (χ1) is 11.6. The maximum absolute atomic E-state index is 11.7. The minimum Gasteiger partial charge on any atom is -0.300 e. The SMILES string of the molecule is FC(F)c1ccccn1.O=S1CC2(CCN(C3CCCCC3)C2)C1. The molecular weight excluding hydrogens is 330 g/mol. The van der Waals surface area contributed by atoms with Gasteiger partial charge in [-0.25, -0.2) is 8.78 Å². The molecule has 0 atom stereocenters. The number of aromatic nitrogens is 1. The molecule has 1 saturated carbocycles. The molecule has 134 valence electrons. The van der Waals surface area contributed by atoms with Crippen molar-refractivity contribution < 1.29 is 13.0 Å². The first kappa shape index (κ1) is 17.9. The summed E-state index contributed by atoms with van der Waals surface area (Å²) in [6.45, 7) is 2.53. The molecule has 2 aliphatic heterocycles. The van der Waals surface area contributed by atoms with Gasteiger partial charge in [0.1, 0.15) is 5.69 Å². The van der Waals surface area contributed by atoms with E-state index in [4.69, 9.17) is 0 Å². The highest BCUT2D eigenvalue weighted by atomic mass is 32.2. The minimum atomic E-state index is -2.45. The van der Waals surface area contributed by atoms with Crippen molar-refractivity contribution in [3.05, 3.63) is 30.1 Å². The Morgan fingerprint density at radius 3 is 2.50 bits per heavy atom. The van der Waals surface area contributed by atoms with Crippen LogP contribution >= 0.6 is 0 Å². The van der Waals surface area contributed by atoms with Gasteiger partial charge >= 0.3 is 0 Å². The number of pyridine rings is 1. The van der Waals surface area contributed by atoms with Gasteiger partial charge in [0.05, 0.1) is 0 Å². The van der Waals surface area contributed by atoms with Crippen molar-refractivity contribution in [2.24, 2.45) is 5.41 Å². The second kappa shape index (κ2) is 8.00. The summed E-state index contributed by atoms with van der Waals surface area (Å²) in [5.41, 5.74) is 0.319. The number of halogens is 2. The van der Waals surface area contributed by atoms with Crippen LogP contribution < -0.4 is 0 Å². The molecule has 0 unspecified atom stereocenters. The number of hydrogen-bond acceptors (Lipinski definition) is 3. The summed E-state index contributed by atoms with van der Waals surface area (Å²) in [4.78, 5) is 6.13. The van der Waals surface area contributed by atoms with Crippen LogP contribution in [0.2, 0.25) is 0 Å². The number of likely N-dealkylation sites (tertiary alicyclic amines) is 1. The van der Waals surface area contributed by atoms with Crippen molar-refractivity contribution in [2.75, 3.05) is 24.6 Å². The van der Waals surface area contributed by atoms with E-state index in [1.54, 1.807) is 6.07 Å². The molecule has 0 amide bonds. The average molecular weight is 356 g/mol. The van der Waals surface area contributed by atoms with Gasteiger partial charge in [-0.05, 0) is 37.9 Å². The fraction of sp³-hybridized carbons (Fsp3) is 0.722. The second-order valence-corrected chi connectivity index (χ2v) is 8.75. The van der Waals surface area contributed by atoms with E-state index in [2.05, 4.69) is 9.88 Å². The Morgan fingerprint density at radius 1 is 1.21 bits per heavy atom. The molecule has 3 nitrogen and oxygen atoms in total. The normalized spacial score (nSPS) is 30.9. The van der Waals surface area contributed by atoms with E-state index in [1.165, 1.54) is 69.9 Å². The Kier molecular flexibility index (Phi) is 5.98. The van der Waals surface area contributed by atoms with Crippen LogP contribution in [0.3, 0.4) is 0 Å². The van der Waals surface area contributed by atoms with E-state index < -0.39 is 17.2 Å². The molecule has 0 bridgehead atoms. The van der Waals surface area contributed by atoms with Crippen molar-refractivity contribution in [1.82, 2.24) is 9.88 Å². The Hall–Kier alpha value is -0.880. The maximum Gasteiger partial charge on any atom is 0.280 e. The van der Waals surface area contributed by atoms with E-state index in [0.717, 1.165) is 17.5 Å². The Labute approximate surface area is 145 Å². The first-order valence-electron chi connectivity index (χ1n) is 8.86. The highest BCUT2D eigenvalue weighted by molar-refractivity contribution is 7.86. The van der Waals surface area contributed by atoms with Gasteiger partial charge in [0.25, 0.3) is 6.43 Å². The molecule has 0 aromatic carbocycles. The van der Waals surface area contributed by atoms with Gasteiger partial charge in [0.15, 0.2) is 0 Å². The van der Waals surface area contributed by atoms with Crippen LogP contribution in [0.4, 0.5) is 8.78 Å². The lowest BCUT2D eigenvalue weighted by Gasteiger charge is -2.39. The topological polar surface area (TPSA) is 33.2 Å². The number of hydrogen-bond donors (Lipinski definition) is 0. The molecule has 3 fully saturated rings. The van der Waals surface area contributed by atoms with Crippen LogP contribution in [0, 0.1) is 5.41 Å². The lowest BCUT2D eigenvalue weighted by atomic mass is 9.90. The molecular formula is C18H26F2N2OS. The lowest BCUT2D eigenvalue weighted by molar-refractivity contribution is 0.146. The van der Waals surface area contributed by atoms with Crippen molar-refractivity contribution in [2.45, 2.75) is 51.0 Å². The fourth-order valence-electron chi connectivity index (χ4n) is 4.11. The van der Waals surface area contributed by atoms with E-state index in [9.17, 15) is 13.0 Å². The zero-order chi connectivity index (χ0) is 17.0. The Morgan fingerprint density at radius 2 is 1.96 bits per heavy atom. The second-order valence-electron chi connectivity index (χ2n) is 7.30. The molecule has 0 N–H and O–H groups in total. The van der Waals surface area contributed by atoms with E-state index >= 15 is 0 Å². The fourth-order valence-corrected chi connectivity index (χ4v) is 5.86. The van der Waals surface area contributed by atoms with Gasteiger partial charge in [0, 0.05) is 46.5 Å². The van der Waals surface area contributed by atoms with Crippen molar-refractivity contribution >= 4 is 10.8 Å². The van der Waals surface area contributed by atoms with Gasteiger partial charge in [-0.15, -0.1) is 0 Å². The van der Waals surface area contributed by atoms with Gasteiger partial charge in [-0.1, -0.05) is 25.3 Å². The molecule has 1 aromatic rings. The van der Waals surface area contributed by atoms with Gasteiger partial charge < -0.3 is 0 Å². The number of alkyl halides is 2. The van der Waals surface area contributed by atoms with E-state index in [-0.39, 0.29) is 5.69 Å². The standard InChI is InChI=1S/C12H21NOS.C6H5F2N/c14-15-9-12(10-15)6-7-13(8-12)11-4-2-1-3-5-11;7-6(8)5-3-1-2-4-9-5/h11H,1-10H2;1-4,6H. The van der Waals surface area contributed by atoms with Gasteiger partial charge in [0.2, 0.25) is 0 Å². The lowest BCUT2D eigenvalue weighted by Crippen LogP contribution is -2.48. The molecule has 1 aliphatic carbocycles. The molecule has 6 heteroatoms. The quantitative estimate of drug-likeness (QED) is 0.808. The molecule has 3 aliphatic rings. The first-order valence-corrected chi connectivity index (χ1v) is 10.3. The zero-order valence-electron chi connectivity index (χ0n) is 14.0. The van der Waals surface area contributed by atoms with Crippen LogP contribution in [0.5, 0.6) is 0 Å².